The van der Waals surface area contributed by atoms with Crippen molar-refractivity contribution in [1.82, 2.24) is 9.13 Å². The van der Waals surface area contributed by atoms with Crippen LogP contribution in [0.2, 0.25) is 0 Å². The third-order valence-corrected chi connectivity index (χ3v) is 8.91. The molecule has 0 aliphatic carbocycles. The molecule has 0 N–H and O–H groups in total. The molecule has 9 aromatic rings. The van der Waals surface area contributed by atoms with Gasteiger partial charge in [0.2, 0.25) is 0 Å². The lowest BCUT2D eigenvalue weighted by Crippen LogP contribution is -2.00. The Kier molecular flexibility index (Phi) is 5.54. The quantitative estimate of drug-likeness (QED) is 0.203. The normalized spacial score (nSPS) is 11.6. The van der Waals surface area contributed by atoms with E-state index in [9.17, 15) is 0 Å². The molecular weight excluding hydrogens is 532 g/mol. The minimum Gasteiger partial charge on any atom is -0.307 e. The van der Waals surface area contributed by atoms with Crippen LogP contribution in [0.4, 0.5) is 0 Å². The molecule has 44 heavy (non-hydrogen) atoms. The molecule has 206 valence electrons. The lowest BCUT2D eigenvalue weighted by Gasteiger charge is -2.15. The summed E-state index contributed by atoms with van der Waals surface area (Å²) in [7, 11) is 0. The van der Waals surface area contributed by atoms with E-state index >= 15 is 0 Å². The van der Waals surface area contributed by atoms with Crippen LogP contribution in [0.3, 0.4) is 0 Å². The second kappa shape index (κ2) is 9.86. The highest BCUT2D eigenvalue weighted by molar-refractivity contribution is 6.13. The van der Waals surface area contributed by atoms with E-state index in [2.05, 4.69) is 179 Å². The molecule has 0 amide bonds. The maximum atomic E-state index is 2.48. The van der Waals surface area contributed by atoms with Crippen molar-refractivity contribution in [2.75, 3.05) is 0 Å². The number of nitrogens with zero attached hydrogens (tertiary/aromatic N) is 2. The number of para-hydroxylation sites is 3. The van der Waals surface area contributed by atoms with Crippen LogP contribution in [0, 0.1) is 0 Å². The SMILES string of the molecule is c1ccc(-c2c(-n3c4ccccc4c4ccccc43)c3ccc(-c4cccc5ccccc45)cc3n2-c2ccccc2)cc1. The number of aromatic nitrogens is 2. The number of benzene rings is 7. The summed E-state index contributed by atoms with van der Waals surface area (Å²) in [4.78, 5) is 0. The first-order valence-electron chi connectivity index (χ1n) is 15.1. The predicted octanol–water partition coefficient (Wildman–Crippen LogP) is 11.2. The van der Waals surface area contributed by atoms with Crippen LogP contribution >= 0.6 is 0 Å². The Morgan fingerprint density at radius 3 is 1.66 bits per heavy atom. The third-order valence-electron chi connectivity index (χ3n) is 8.91. The van der Waals surface area contributed by atoms with Crippen LogP contribution < -0.4 is 0 Å². The molecule has 0 unspecified atom stereocenters. The molecule has 0 atom stereocenters. The van der Waals surface area contributed by atoms with E-state index in [4.69, 9.17) is 0 Å². The van der Waals surface area contributed by atoms with Gasteiger partial charge in [0.1, 0.15) is 0 Å². The van der Waals surface area contributed by atoms with Crippen molar-refractivity contribution >= 4 is 43.5 Å². The monoisotopic (exact) mass is 560 g/mol. The Morgan fingerprint density at radius 1 is 0.341 bits per heavy atom. The molecule has 9 rings (SSSR count). The number of hydrogen-bond donors (Lipinski definition) is 0. The van der Waals surface area contributed by atoms with Crippen LogP contribution in [0.5, 0.6) is 0 Å². The van der Waals surface area contributed by atoms with Crippen molar-refractivity contribution in [2.45, 2.75) is 0 Å². The Labute approximate surface area is 255 Å². The number of fused-ring (bicyclic) bond motifs is 5. The average molecular weight is 561 g/mol. The molecule has 0 fully saturated rings. The summed E-state index contributed by atoms with van der Waals surface area (Å²) in [6.45, 7) is 0. The summed E-state index contributed by atoms with van der Waals surface area (Å²) in [6.07, 6.45) is 0. The zero-order valence-corrected chi connectivity index (χ0v) is 24.1. The van der Waals surface area contributed by atoms with Gasteiger partial charge in [0, 0.05) is 27.4 Å². The molecule has 0 bridgehead atoms. The van der Waals surface area contributed by atoms with Crippen LogP contribution in [0.25, 0.3) is 77.2 Å². The molecule has 0 aliphatic rings. The molecule has 0 radical (unpaired) electrons. The Morgan fingerprint density at radius 2 is 0.932 bits per heavy atom. The third kappa shape index (κ3) is 3.68. The minimum atomic E-state index is 1.14. The molecule has 2 heteroatoms. The second-order valence-corrected chi connectivity index (χ2v) is 11.4. The van der Waals surface area contributed by atoms with Crippen molar-refractivity contribution in [2.24, 2.45) is 0 Å². The highest BCUT2D eigenvalue weighted by Crippen LogP contribution is 2.44. The summed E-state index contributed by atoms with van der Waals surface area (Å²) in [6, 6.07) is 61.4. The van der Waals surface area contributed by atoms with Gasteiger partial charge in [-0.1, -0.05) is 140 Å². The summed E-state index contributed by atoms with van der Waals surface area (Å²) in [5.41, 5.74) is 10.7. The first kappa shape index (κ1) is 24.7. The van der Waals surface area contributed by atoms with Gasteiger partial charge in [0.25, 0.3) is 0 Å². The lowest BCUT2D eigenvalue weighted by atomic mass is 9.97. The van der Waals surface area contributed by atoms with Gasteiger partial charge in [0.05, 0.1) is 27.9 Å². The van der Waals surface area contributed by atoms with Gasteiger partial charge in [0.15, 0.2) is 0 Å². The molecule has 0 spiro atoms. The molecule has 7 aromatic carbocycles. The van der Waals surface area contributed by atoms with E-state index in [1.54, 1.807) is 0 Å². The van der Waals surface area contributed by atoms with Gasteiger partial charge in [-0.15, -0.1) is 0 Å². The van der Waals surface area contributed by atoms with E-state index in [-0.39, 0.29) is 0 Å². The van der Waals surface area contributed by atoms with Gasteiger partial charge in [-0.2, -0.15) is 0 Å². The van der Waals surface area contributed by atoms with Gasteiger partial charge < -0.3 is 9.13 Å². The summed E-state index contributed by atoms with van der Waals surface area (Å²) in [5, 5.41) is 6.24. The maximum absolute atomic E-state index is 2.48. The fraction of sp³-hybridized carbons (Fsp3) is 0. The number of hydrogen-bond acceptors (Lipinski definition) is 0. The largest absolute Gasteiger partial charge is 0.307 e. The van der Waals surface area contributed by atoms with Crippen molar-refractivity contribution in [3.05, 3.63) is 170 Å². The van der Waals surface area contributed by atoms with E-state index < -0.39 is 0 Å². The Balaban J connectivity index is 1.47. The second-order valence-electron chi connectivity index (χ2n) is 11.4. The molecule has 2 nitrogen and oxygen atoms in total. The predicted molar refractivity (Wildman–Crippen MR) is 186 cm³/mol. The molecule has 0 saturated carbocycles. The molecule has 2 heterocycles. The fourth-order valence-corrected chi connectivity index (χ4v) is 7.01. The number of rotatable bonds is 4. The van der Waals surface area contributed by atoms with E-state index in [0.29, 0.717) is 0 Å². The first-order chi connectivity index (χ1) is 21.9. The Hall–Kier alpha value is -5.86. The highest BCUT2D eigenvalue weighted by Gasteiger charge is 2.25. The van der Waals surface area contributed by atoms with E-state index in [1.807, 2.05) is 0 Å². The summed E-state index contributed by atoms with van der Waals surface area (Å²) >= 11 is 0. The lowest BCUT2D eigenvalue weighted by molar-refractivity contribution is 1.11. The minimum absolute atomic E-state index is 1.14. The molecular formula is C42H28N2. The zero-order chi connectivity index (χ0) is 29.0. The van der Waals surface area contributed by atoms with E-state index in [0.717, 1.165) is 5.69 Å². The average Bonchev–Trinajstić information content (AvgIpc) is 3.61. The van der Waals surface area contributed by atoms with Crippen LogP contribution in [0.15, 0.2) is 170 Å². The first-order valence-corrected chi connectivity index (χ1v) is 15.1. The smallest absolute Gasteiger partial charge is 0.0803 e. The van der Waals surface area contributed by atoms with Crippen molar-refractivity contribution < 1.29 is 0 Å². The summed E-state index contributed by atoms with van der Waals surface area (Å²) in [5.74, 6) is 0. The molecule has 0 aliphatic heterocycles. The van der Waals surface area contributed by atoms with Gasteiger partial charge in [-0.25, -0.2) is 0 Å². The fourth-order valence-electron chi connectivity index (χ4n) is 7.01. The van der Waals surface area contributed by atoms with Crippen molar-refractivity contribution in [3.63, 3.8) is 0 Å². The van der Waals surface area contributed by atoms with Gasteiger partial charge >= 0.3 is 0 Å². The highest BCUT2D eigenvalue weighted by atomic mass is 15.1. The van der Waals surface area contributed by atoms with Gasteiger partial charge in [-0.3, -0.25) is 0 Å². The standard InChI is InChI=1S/C42H28N2/c1-3-15-30(16-4-1)41-42(44-38-24-11-9-21-35(38)36-22-10-12-25-39(36)44)37-27-26-31(28-40(37)43(41)32-18-5-2-6-19-32)34-23-13-17-29-14-7-8-20-33(29)34/h1-28H. The Bertz CT molecular complexity index is 2420. The van der Waals surface area contributed by atoms with Crippen LogP contribution in [-0.4, -0.2) is 9.13 Å². The zero-order valence-electron chi connectivity index (χ0n) is 24.1. The topological polar surface area (TPSA) is 9.86 Å². The van der Waals surface area contributed by atoms with Crippen molar-refractivity contribution in [1.29, 1.82) is 0 Å². The summed E-state index contributed by atoms with van der Waals surface area (Å²) < 4.78 is 4.94. The van der Waals surface area contributed by atoms with Crippen LogP contribution in [-0.2, 0) is 0 Å². The van der Waals surface area contributed by atoms with E-state index in [1.165, 1.54) is 71.6 Å². The van der Waals surface area contributed by atoms with Crippen molar-refractivity contribution in [3.8, 4) is 33.8 Å². The maximum Gasteiger partial charge on any atom is 0.0803 e. The molecule has 2 aromatic heterocycles. The molecule has 0 saturated heterocycles. The van der Waals surface area contributed by atoms with Crippen LogP contribution in [0.1, 0.15) is 0 Å². The van der Waals surface area contributed by atoms with Gasteiger partial charge in [-0.05, 0) is 52.2 Å².